The summed E-state index contributed by atoms with van der Waals surface area (Å²) in [7, 11) is 1.32. The van der Waals surface area contributed by atoms with Gasteiger partial charge in [0.2, 0.25) is 0 Å². The lowest BCUT2D eigenvalue weighted by Gasteiger charge is -2.07. The fraction of sp³-hybridized carbons (Fsp3) is 0.0909. The molecule has 0 saturated heterocycles. The zero-order chi connectivity index (χ0) is 14.0. The molecular weight excluding hydrogens is 375 g/mol. The molecule has 0 aliphatic heterocycles. The van der Waals surface area contributed by atoms with Crippen LogP contribution in [0.4, 0.5) is 10.8 Å². The Labute approximate surface area is 131 Å². The van der Waals surface area contributed by atoms with Crippen LogP contribution in [0, 0.1) is 0 Å². The minimum Gasteiger partial charge on any atom is -0.465 e. The second-order valence-electron chi connectivity index (χ2n) is 3.37. The number of esters is 1. The molecule has 0 bridgehead atoms. The Morgan fingerprint density at radius 2 is 2.16 bits per heavy atom. The van der Waals surface area contributed by atoms with E-state index in [0.29, 0.717) is 30.2 Å². The first kappa shape index (κ1) is 14.6. The Morgan fingerprint density at radius 1 is 1.42 bits per heavy atom. The average Bonchev–Trinajstić information content (AvgIpc) is 2.87. The van der Waals surface area contributed by atoms with Crippen LogP contribution in [0.25, 0.3) is 0 Å². The summed E-state index contributed by atoms with van der Waals surface area (Å²) in [5, 5.41) is 4.32. The van der Waals surface area contributed by atoms with Crippen molar-refractivity contribution in [2.24, 2.45) is 0 Å². The third kappa shape index (κ3) is 3.20. The highest BCUT2D eigenvalue weighted by Gasteiger charge is 2.13. The number of carbonyl (C=O) groups is 1. The number of benzene rings is 1. The van der Waals surface area contributed by atoms with Crippen molar-refractivity contribution in [2.45, 2.75) is 0 Å². The number of methoxy groups -OCH3 is 1. The van der Waals surface area contributed by atoms with E-state index in [0.717, 1.165) is 0 Å². The zero-order valence-electron chi connectivity index (χ0n) is 9.54. The summed E-state index contributed by atoms with van der Waals surface area (Å²) in [6, 6.07) is 3.53. The standard InChI is InChI=1S/C11H7BrCl2N2O2S/c1-18-10(17)7-4-15-11(19-7)16-6-3-2-5(12)8(13)9(6)14/h2-4H,1H3,(H,15,16). The molecule has 0 atom stereocenters. The number of thiazole rings is 1. The number of rotatable bonds is 3. The number of hydrogen-bond donors (Lipinski definition) is 1. The lowest BCUT2D eigenvalue weighted by molar-refractivity contribution is 0.0606. The number of anilines is 2. The second kappa shape index (κ2) is 6.09. The summed E-state index contributed by atoms with van der Waals surface area (Å²) in [6.07, 6.45) is 1.44. The van der Waals surface area contributed by atoms with Crippen molar-refractivity contribution in [3.05, 3.63) is 37.7 Å². The quantitative estimate of drug-likeness (QED) is 0.616. The van der Waals surface area contributed by atoms with Gasteiger partial charge in [0.15, 0.2) is 5.13 Å². The van der Waals surface area contributed by atoms with E-state index in [1.54, 1.807) is 12.1 Å². The van der Waals surface area contributed by atoms with Crippen molar-refractivity contribution in [1.82, 2.24) is 4.98 Å². The molecule has 0 fully saturated rings. The van der Waals surface area contributed by atoms with E-state index in [-0.39, 0.29) is 0 Å². The highest BCUT2D eigenvalue weighted by molar-refractivity contribution is 9.10. The molecule has 2 rings (SSSR count). The van der Waals surface area contributed by atoms with Crippen molar-refractivity contribution in [3.8, 4) is 0 Å². The van der Waals surface area contributed by atoms with E-state index in [1.165, 1.54) is 24.6 Å². The molecule has 1 aromatic carbocycles. The van der Waals surface area contributed by atoms with Gasteiger partial charge in [0.05, 0.1) is 29.0 Å². The molecule has 100 valence electrons. The predicted molar refractivity (Wildman–Crippen MR) is 80.9 cm³/mol. The first-order chi connectivity index (χ1) is 9.02. The van der Waals surface area contributed by atoms with Gasteiger partial charge in [-0.2, -0.15) is 0 Å². The maximum atomic E-state index is 11.3. The fourth-order valence-corrected chi connectivity index (χ4v) is 2.83. The molecule has 1 N–H and O–H groups in total. The number of ether oxygens (including phenoxy) is 1. The van der Waals surface area contributed by atoms with E-state index in [2.05, 4.69) is 31.0 Å². The molecule has 1 heterocycles. The van der Waals surface area contributed by atoms with Crippen molar-refractivity contribution in [2.75, 3.05) is 12.4 Å². The van der Waals surface area contributed by atoms with Crippen LogP contribution in [0.5, 0.6) is 0 Å². The molecule has 0 saturated carbocycles. The molecule has 0 aliphatic carbocycles. The number of hydrogen-bond acceptors (Lipinski definition) is 5. The third-order valence-corrected chi connectivity index (χ3v) is 4.83. The van der Waals surface area contributed by atoms with Gasteiger partial charge in [-0.15, -0.1) is 0 Å². The van der Waals surface area contributed by atoms with Gasteiger partial charge in [-0.3, -0.25) is 0 Å². The Hall–Kier alpha value is -0.820. The average molecular weight is 382 g/mol. The SMILES string of the molecule is COC(=O)c1cnc(Nc2ccc(Br)c(Cl)c2Cl)s1. The van der Waals surface area contributed by atoms with Gasteiger partial charge in [0, 0.05) is 4.47 Å². The zero-order valence-corrected chi connectivity index (χ0v) is 13.5. The highest BCUT2D eigenvalue weighted by atomic mass is 79.9. The molecule has 0 radical (unpaired) electrons. The van der Waals surface area contributed by atoms with Gasteiger partial charge in [0.1, 0.15) is 4.88 Å². The van der Waals surface area contributed by atoms with Crippen LogP contribution in [-0.4, -0.2) is 18.1 Å². The van der Waals surface area contributed by atoms with Crippen LogP contribution >= 0.6 is 50.5 Å². The van der Waals surface area contributed by atoms with Crippen LogP contribution < -0.4 is 5.32 Å². The normalized spacial score (nSPS) is 10.3. The number of aromatic nitrogens is 1. The fourth-order valence-electron chi connectivity index (χ4n) is 1.26. The summed E-state index contributed by atoms with van der Waals surface area (Å²) in [6.45, 7) is 0. The molecule has 0 amide bonds. The maximum Gasteiger partial charge on any atom is 0.349 e. The molecule has 0 spiro atoms. The summed E-state index contributed by atoms with van der Waals surface area (Å²) >= 11 is 16.6. The number of halogens is 3. The summed E-state index contributed by atoms with van der Waals surface area (Å²) in [5.74, 6) is -0.425. The van der Waals surface area contributed by atoms with Crippen LogP contribution in [0.1, 0.15) is 9.67 Å². The summed E-state index contributed by atoms with van der Waals surface area (Å²) in [5.41, 5.74) is 0.612. The predicted octanol–water partition coefficient (Wildman–Crippen LogP) is 4.74. The highest BCUT2D eigenvalue weighted by Crippen LogP contribution is 2.37. The molecule has 0 unspecified atom stereocenters. The van der Waals surface area contributed by atoms with Gasteiger partial charge in [0.25, 0.3) is 0 Å². The van der Waals surface area contributed by atoms with E-state index >= 15 is 0 Å². The van der Waals surface area contributed by atoms with Crippen molar-refractivity contribution in [1.29, 1.82) is 0 Å². The van der Waals surface area contributed by atoms with Crippen molar-refractivity contribution >= 4 is 67.3 Å². The molecule has 19 heavy (non-hydrogen) atoms. The van der Waals surface area contributed by atoms with Gasteiger partial charge in [-0.25, -0.2) is 9.78 Å². The first-order valence-electron chi connectivity index (χ1n) is 4.97. The molecule has 4 nitrogen and oxygen atoms in total. The first-order valence-corrected chi connectivity index (χ1v) is 7.34. The Bertz CT molecular complexity index is 633. The van der Waals surface area contributed by atoms with Gasteiger partial charge in [-0.1, -0.05) is 34.5 Å². The van der Waals surface area contributed by atoms with Crippen LogP contribution in [0.2, 0.25) is 10.0 Å². The molecule has 0 aliphatic rings. The second-order valence-corrected chi connectivity index (χ2v) is 6.01. The molecular formula is C11H7BrCl2N2O2S. The van der Waals surface area contributed by atoms with Crippen LogP contribution in [-0.2, 0) is 4.74 Å². The van der Waals surface area contributed by atoms with Crippen molar-refractivity contribution < 1.29 is 9.53 Å². The lowest BCUT2D eigenvalue weighted by Crippen LogP contribution is -1.96. The summed E-state index contributed by atoms with van der Waals surface area (Å²) < 4.78 is 5.32. The van der Waals surface area contributed by atoms with E-state index < -0.39 is 5.97 Å². The van der Waals surface area contributed by atoms with Gasteiger partial charge < -0.3 is 10.1 Å². The molecule has 2 aromatic rings. The van der Waals surface area contributed by atoms with E-state index in [9.17, 15) is 4.79 Å². The number of carbonyl (C=O) groups excluding carboxylic acids is 1. The largest absolute Gasteiger partial charge is 0.465 e. The minimum atomic E-state index is -0.425. The van der Waals surface area contributed by atoms with Crippen molar-refractivity contribution in [3.63, 3.8) is 0 Å². The van der Waals surface area contributed by atoms with E-state index in [4.69, 9.17) is 23.2 Å². The van der Waals surface area contributed by atoms with Gasteiger partial charge in [-0.05, 0) is 28.1 Å². The third-order valence-electron chi connectivity index (χ3n) is 2.17. The number of nitrogens with one attached hydrogen (secondary N) is 1. The molecule has 8 heteroatoms. The monoisotopic (exact) mass is 380 g/mol. The Kier molecular flexibility index (Phi) is 4.67. The van der Waals surface area contributed by atoms with Crippen LogP contribution in [0.3, 0.4) is 0 Å². The Balaban J connectivity index is 2.24. The molecule has 1 aromatic heterocycles. The topological polar surface area (TPSA) is 51.2 Å². The summed E-state index contributed by atoms with van der Waals surface area (Å²) in [4.78, 5) is 15.8. The van der Waals surface area contributed by atoms with Crippen LogP contribution in [0.15, 0.2) is 22.8 Å². The lowest BCUT2D eigenvalue weighted by atomic mass is 10.3. The van der Waals surface area contributed by atoms with E-state index in [1.807, 2.05) is 0 Å². The Morgan fingerprint density at radius 3 is 2.84 bits per heavy atom. The smallest absolute Gasteiger partial charge is 0.349 e. The maximum absolute atomic E-state index is 11.3. The van der Waals surface area contributed by atoms with Gasteiger partial charge >= 0.3 is 5.97 Å². The number of nitrogens with zero attached hydrogens (tertiary/aromatic N) is 1. The minimum absolute atomic E-state index is 0.380.